The van der Waals surface area contributed by atoms with Crippen LogP contribution in [0.15, 0.2) is 30.3 Å². The topological polar surface area (TPSA) is 41.1 Å². The molecule has 1 amide bonds. The second kappa shape index (κ2) is 8.09. The van der Waals surface area contributed by atoms with Crippen molar-refractivity contribution in [2.75, 3.05) is 0 Å². The molecule has 1 aromatic carbocycles. The van der Waals surface area contributed by atoms with Crippen LogP contribution in [-0.4, -0.2) is 20.3 Å². The minimum absolute atomic E-state index is 0.0911. The van der Waals surface area contributed by atoms with E-state index in [4.69, 9.17) is 0 Å². The minimum Gasteiger partial charge on any atom is -0.334 e. The van der Waals surface area contributed by atoms with Crippen LogP contribution in [0.3, 0.4) is 0 Å². The quantitative estimate of drug-likeness (QED) is 0.490. The highest BCUT2D eigenvalue weighted by Crippen LogP contribution is 2.37. The molecular weight excluding hydrogens is 464 g/mol. The summed E-state index contributed by atoms with van der Waals surface area (Å²) in [4.78, 5) is 12.3. The molecule has 0 saturated heterocycles. The molecule has 1 saturated carbocycles. The van der Waals surface area contributed by atoms with Gasteiger partial charge in [-0.3, -0.25) is 10.1 Å². The van der Waals surface area contributed by atoms with E-state index in [1.807, 2.05) is 30.3 Å². The third-order valence-electron chi connectivity index (χ3n) is 3.65. The standard InChI is InChI=1S/C15H19Br3N2O/c16-15(17,18)14(19-12-9-5-2-6-10-12)20-13(21)11-7-3-1-4-8-11/h1,3-4,7-8,12,14,19H,2,5-6,9-10H2,(H,20,21)/t14-/m1/s1. The molecule has 0 unspecified atom stereocenters. The van der Waals surface area contributed by atoms with Gasteiger partial charge in [0.25, 0.3) is 5.91 Å². The highest BCUT2D eigenvalue weighted by molar-refractivity contribution is 9.39. The van der Waals surface area contributed by atoms with Gasteiger partial charge >= 0.3 is 0 Å². The summed E-state index contributed by atoms with van der Waals surface area (Å²) >= 11 is 10.6. The zero-order valence-corrected chi connectivity index (χ0v) is 16.4. The van der Waals surface area contributed by atoms with Gasteiger partial charge in [0.15, 0.2) is 2.14 Å². The van der Waals surface area contributed by atoms with Crippen molar-refractivity contribution in [2.24, 2.45) is 0 Å². The highest BCUT2D eigenvalue weighted by atomic mass is 80.0. The van der Waals surface area contributed by atoms with Crippen molar-refractivity contribution in [1.29, 1.82) is 0 Å². The fourth-order valence-corrected chi connectivity index (χ4v) is 3.27. The van der Waals surface area contributed by atoms with E-state index in [1.54, 1.807) is 0 Å². The molecule has 2 N–H and O–H groups in total. The Morgan fingerprint density at radius 2 is 1.71 bits per heavy atom. The van der Waals surface area contributed by atoms with E-state index in [0.717, 1.165) is 12.8 Å². The first-order valence-corrected chi connectivity index (χ1v) is 9.53. The van der Waals surface area contributed by atoms with Gasteiger partial charge < -0.3 is 5.32 Å². The summed E-state index contributed by atoms with van der Waals surface area (Å²) in [5.41, 5.74) is 0.657. The molecule has 1 aliphatic carbocycles. The maximum absolute atomic E-state index is 12.3. The van der Waals surface area contributed by atoms with E-state index in [1.165, 1.54) is 19.3 Å². The second-order valence-corrected chi connectivity index (χ2v) is 12.3. The van der Waals surface area contributed by atoms with E-state index in [9.17, 15) is 4.79 Å². The number of benzene rings is 1. The first kappa shape index (κ1) is 17.4. The van der Waals surface area contributed by atoms with Crippen molar-refractivity contribution in [1.82, 2.24) is 10.6 Å². The fourth-order valence-electron chi connectivity index (χ4n) is 2.53. The Bertz CT molecular complexity index is 456. The van der Waals surface area contributed by atoms with E-state index >= 15 is 0 Å². The molecule has 3 nitrogen and oxygen atoms in total. The Morgan fingerprint density at radius 1 is 1.10 bits per heavy atom. The van der Waals surface area contributed by atoms with Crippen molar-refractivity contribution in [2.45, 2.75) is 46.5 Å². The summed E-state index contributed by atoms with van der Waals surface area (Å²) in [5.74, 6) is -0.0911. The van der Waals surface area contributed by atoms with E-state index in [-0.39, 0.29) is 12.1 Å². The smallest absolute Gasteiger partial charge is 0.252 e. The average Bonchev–Trinajstić information content (AvgIpc) is 2.47. The summed E-state index contributed by atoms with van der Waals surface area (Å²) in [7, 11) is 0. The number of alkyl halides is 3. The lowest BCUT2D eigenvalue weighted by Crippen LogP contribution is -2.56. The number of carbonyl (C=O) groups is 1. The molecule has 2 rings (SSSR count). The van der Waals surface area contributed by atoms with Crippen LogP contribution in [0.2, 0.25) is 0 Å². The largest absolute Gasteiger partial charge is 0.334 e. The summed E-state index contributed by atoms with van der Waals surface area (Å²) < 4.78 is -0.575. The van der Waals surface area contributed by atoms with Crippen molar-refractivity contribution in [3.05, 3.63) is 35.9 Å². The predicted octanol–water partition coefficient (Wildman–Crippen LogP) is 4.50. The summed E-state index contributed by atoms with van der Waals surface area (Å²) in [6.45, 7) is 0. The van der Waals surface area contributed by atoms with E-state index < -0.39 is 2.14 Å². The average molecular weight is 483 g/mol. The first-order chi connectivity index (χ1) is 9.97. The number of nitrogens with one attached hydrogen (secondary N) is 2. The molecule has 0 heterocycles. The summed E-state index contributed by atoms with van der Waals surface area (Å²) in [6, 6.07) is 9.69. The molecule has 0 radical (unpaired) electrons. The van der Waals surface area contributed by atoms with Crippen molar-refractivity contribution < 1.29 is 4.79 Å². The van der Waals surface area contributed by atoms with Gasteiger partial charge in [-0.2, -0.15) is 0 Å². The summed E-state index contributed by atoms with van der Waals surface area (Å²) in [6.07, 6.45) is 5.85. The number of carbonyl (C=O) groups excluding carboxylic acids is 1. The zero-order chi connectivity index (χ0) is 15.3. The third-order valence-corrected chi connectivity index (χ3v) is 5.02. The predicted molar refractivity (Wildman–Crippen MR) is 97.2 cm³/mol. The van der Waals surface area contributed by atoms with Gasteiger partial charge in [-0.15, -0.1) is 0 Å². The molecule has 0 spiro atoms. The van der Waals surface area contributed by atoms with Gasteiger partial charge in [-0.1, -0.05) is 85.3 Å². The van der Waals surface area contributed by atoms with E-state index in [2.05, 4.69) is 58.4 Å². The Balaban J connectivity index is 2.01. The molecule has 0 bridgehead atoms. The van der Waals surface area contributed by atoms with Crippen molar-refractivity contribution in [3.63, 3.8) is 0 Å². The lowest BCUT2D eigenvalue weighted by Gasteiger charge is -2.33. The second-order valence-electron chi connectivity index (χ2n) is 5.32. The van der Waals surface area contributed by atoms with E-state index in [0.29, 0.717) is 11.6 Å². The Labute approximate surface area is 151 Å². The maximum atomic E-state index is 12.3. The van der Waals surface area contributed by atoms with Crippen LogP contribution in [0.1, 0.15) is 42.5 Å². The molecule has 21 heavy (non-hydrogen) atoms. The van der Waals surface area contributed by atoms with Gasteiger partial charge in [-0.25, -0.2) is 0 Å². The summed E-state index contributed by atoms with van der Waals surface area (Å²) in [5, 5.41) is 6.55. The molecule has 116 valence electrons. The Hall–Kier alpha value is 0.0900. The Kier molecular flexibility index (Phi) is 6.72. The fraction of sp³-hybridized carbons (Fsp3) is 0.533. The minimum atomic E-state index is -0.575. The number of halogens is 3. The Morgan fingerprint density at radius 3 is 2.29 bits per heavy atom. The van der Waals surface area contributed by atoms with Gasteiger partial charge in [0.05, 0.1) is 0 Å². The van der Waals surface area contributed by atoms with Crippen LogP contribution in [0.5, 0.6) is 0 Å². The number of amides is 1. The molecule has 1 fully saturated rings. The molecule has 1 atom stereocenters. The normalized spacial score (nSPS) is 18.2. The SMILES string of the molecule is O=C(N[C@@H](NC1CCCCC1)C(Br)(Br)Br)c1ccccc1. The van der Waals surface area contributed by atoms with Gasteiger partial charge in [0, 0.05) is 11.6 Å². The van der Waals surface area contributed by atoms with Gasteiger partial charge in [-0.05, 0) is 25.0 Å². The van der Waals surface area contributed by atoms with Crippen LogP contribution >= 0.6 is 47.8 Å². The lowest BCUT2D eigenvalue weighted by atomic mass is 9.95. The molecule has 0 aliphatic heterocycles. The zero-order valence-electron chi connectivity index (χ0n) is 11.6. The molecule has 0 aromatic heterocycles. The van der Waals surface area contributed by atoms with Crippen LogP contribution in [0, 0.1) is 0 Å². The van der Waals surface area contributed by atoms with Crippen LogP contribution in [0.25, 0.3) is 0 Å². The molecule has 1 aromatic rings. The van der Waals surface area contributed by atoms with Crippen LogP contribution in [-0.2, 0) is 0 Å². The first-order valence-electron chi connectivity index (χ1n) is 7.15. The van der Waals surface area contributed by atoms with Gasteiger partial charge in [0.2, 0.25) is 0 Å². The molecular formula is C15H19Br3N2O. The number of rotatable bonds is 4. The third kappa shape index (κ3) is 5.66. The number of hydrogen-bond donors (Lipinski definition) is 2. The monoisotopic (exact) mass is 480 g/mol. The number of hydrogen-bond acceptors (Lipinski definition) is 2. The molecule has 1 aliphatic rings. The van der Waals surface area contributed by atoms with Crippen LogP contribution in [0.4, 0.5) is 0 Å². The van der Waals surface area contributed by atoms with Gasteiger partial charge in [0.1, 0.15) is 6.17 Å². The van der Waals surface area contributed by atoms with Crippen molar-refractivity contribution in [3.8, 4) is 0 Å². The highest BCUT2D eigenvalue weighted by Gasteiger charge is 2.34. The van der Waals surface area contributed by atoms with Crippen LogP contribution < -0.4 is 10.6 Å². The van der Waals surface area contributed by atoms with Crippen molar-refractivity contribution >= 4 is 53.7 Å². The molecule has 6 heteroatoms. The lowest BCUT2D eigenvalue weighted by molar-refractivity contribution is 0.0927. The maximum Gasteiger partial charge on any atom is 0.252 e.